The van der Waals surface area contributed by atoms with E-state index in [1.165, 1.54) is 7.05 Å². The number of anilines is 1. The molecule has 2 aromatic rings. The normalized spacial score (nSPS) is 24.2. The Hall–Kier alpha value is -2.45. The fourth-order valence-corrected chi connectivity index (χ4v) is 7.21. The fraction of sp³-hybridized carbons (Fsp3) is 0.500. The van der Waals surface area contributed by atoms with E-state index in [2.05, 4.69) is 0 Å². The van der Waals surface area contributed by atoms with Crippen LogP contribution in [0.25, 0.3) is 10.8 Å². The Morgan fingerprint density at radius 1 is 1.09 bits per heavy atom. The summed E-state index contributed by atoms with van der Waals surface area (Å²) in [5.74, 6) is -0.766. The molecule has 2 unspecified atom stereocenters. The number of hydrogen-bond donors (Lipinski definition) is 0. The number of nitrogens with zero attached hydrogens (tertiary/aromatic N) is 2. The van der Waals surface area contributed by atoms with Gasteiger partial charge in [0.25, 0.3) is 16.0 Å². The highest BCUT2D eigenvalue weighted by atomic mass is 32.2. The molecule has 7 nitrogen and oxygen atoms in total. The molecule has 2 fully saturated rings. The van der Waals surface area contributed by atoms with Gasteiger partial charge in [-0.2, -0.15) is 8.42 Å². The molecule has 2 saturated carbocycles. The van der Waals surface area contributed by atoms with E-state index in [-0.39, 0.29) is 11.7 Å². The van der Waals surface area contributed by atoms with Gasteiger partial charge in [0.2, 0.25) is 0 Å². The van der Waals surface area contributed by atoms with Crippen molar-refractivity contribution in [3.63, 3.8) is 0 Å². The zero-order chi connectivity index (χ0) is 23.5. The van der Waals surface area contributed by atoms with Crippen molar-refractivity contribution in [1.29, 1.82) is 0 Å². The maximum Gasteiger partial charge on any atom is 0.289 e. The predicted molar refractivity (Wildman–Crippen MR) is 124 cm³/mol. The van der Waals surface area contributed by atoms with Gasteiger partial charge < -0.3 is 4.90 Å². The van der Waals surface area contributed by atoms with E-state index in [4.69, 9.17) is 4.28 Å². The van der Waals surface area contributed by atoms with Crippen LogP contribution in [0.15, 0.2) is 36.4 Å². The van der Waals surface area contributed by atoms with Gasteiger partial charge in [0, 0.05) is 38.8 Å². The summed E-state index contributed by atoms with van der Waals surface area (Å²) in [4.78, 5) is 27.6. The zero-order valence-electron chi connectivity index (χ0n) is 19.2. The lowest BCUT2D eigenvalue weighted by Crippen LogP contribution is -2.44. The lowest BCUT2D eigenvalue weighted by atomic mass is 9.70. The standard InChI is InChI=1S/C24H30N2O5S/c1-23(2)19-10-11-24(23,21(27)14-19)15-32(29,30)31-26(5)22(28)18-7-6-17-13-20(25(3)4)9-8-16(17)12-18/h6-9,12-13,19H,10-11,14-15H2,1-5H3. The molecule has 0 N–H and O–H groups in total. The molecule has 8 heteroatoms. The first kappa shape index (κ1) is 22.7. The van der Waals surface area contributed by atoms with Gasteiger partial charge in [0.15, 0.2) is 0 Å². The van der Waals surface area contributed by atoms with Crippen molar-refractivity contribution in [3.05, 3.63) is 42.0 Å². The van der Waals surface area contributed by atoms with E-state index in [1.807, 2.05) is 57.1 Å². The topological polar surface area (TPSA) is 84.0 Å². The van der Waals surface area contributed by atoms with E-state index >= 15 is 0 Å². The molecule has 0 radical (unpaired) electrons. The number of hydrogen-bond acceptors (Lipinski definition) is 6. The molecule has 2 bridgehead atoms. The third-order valence-corrected chi connectivity index (χ3v) is 8.96. The van der Waals surface area contributed by atoms with Crippen LogP contribution in [0.1, 0.15) is 43.5 Å². The summed E-state index contributed by atoms with van der Waals surface area (Å²) in [6, 6.07) is 11.1. The molecule has 2 aromatic carbocycles. The van der Waals surface area contributed by atoms with Crippen molar-refractivity contribution in [3.8, 4) is 0 Å². The molecule has 2 aliphatic rings. The third-order valence-electron chi connectivity index (χ3n) is 7.66. The lowest BCUT2D eigenvalue weighted by molar-refractivity contribution is -0.128. The summed E-state index contributed by atoms with van der Waals surface area (Å²) in [6.07, 6.45) is 1.81. The van der Waals surface area contributed by atoms with Crippen molar-refractivity contribution < 1.29 is 22.3 Å². The first-order chi connectivity index (χ1) is 14.9. The molecule has 0 saturated heterocycles. The molecular weight excluding hydrogens is 428 g/mol. The van der Waals surface area contributed by atoms with Crippen LogP contribution in [0.5, 0.6) is 0 Å². The lowest BCUT2D eigenvalue weighted by Gasteiger charge is -2.36. The number of rotatable bonds is 6. The van der Waals surface area contributed by atoms with E-state index in [1.54, 1.807) is 12.1 Å². The number of amides is 1. The molecule has 2 atom stereocenters. The Morgan fingerprint density at radius 3 is 2.34 bits per heavy atom. The Bertz CT molecular complexity index is 1200. The van der Waals surface area contributed by atoms with Crippen molar-refractivity contribution in [1.82, 2.24) is 5.06 Å². The number of fused-ring (bicyclic) bond motifs is 3. The van der Waals surface area contributed by atoms with Crippen LogP contribution in [0.4, 0.5) is 5.69 Å². The van der Waals surface area contributed by atoms with Gasteiger partial charge in [0.1, 0.15) is 5.78 Å². The van der Waals surface area contributed by atoms with Crippen LogP contribution in [0.2, 0.25) is 0 Å². The second kappa shape index (κ2) is 7.56. The minimum absolute atomic E-state index is 0.00785. The summed E-state index contributed by atoms with van der Waals surface area (Å²) in [6.45, 7) is 3.94. The molecule has 0 aliphatic heterocycles. The molecular formula is C24H30N2O5S. The minimum Gasteiger partial charge on any atom is -0.378 e. The molecule has 32 heavy (non-hydrogen) atoms. The third kappa shape index (κ3) is 3.59. The minimum atomic E-state index is -4.14. The van der Waals surface area contributed by atoms with E-state index in [0.29, 0.717) is 18.4 Å². The summed E-state index contributed by atoms with van der Waals surface area (Å²) >= 11 is 0. The number of benzene rings is 2. The largest absolute Gasteiger partial charge is 0.378 e. The van der Waals surface area contributed by atoms with E-state index in [0.717, 1.165) is 27.9 Å². The highest BCUT2D eigenvalue weighted by Crippen LogP contribution is 2.64. The van der Waals surface area contributed by atoms with Crippen molar-refractivity contribution in [2.75, 3.05) is 31.8 Å². The zero-order valence-corrected chi connectivity index (χ0v) is 20.0. The van der Waals surface area contributed by atoms with Gasteiger partial charge in [-0.05, 0) is 59.2 Å². The molecule has 0 spiro atoms. The maximum absolute atomic E-state index is 12.9. The molecule has 2 aliphatic carbocycles. The average molecular weight is 459 g/mol. The summed E-state index contributed by atoms with van der Waals surface area (Å²) in [5, 5.41) is 2.59. The molecule has 0 aromatic heterocycles. The Labute approximate surface area is 189 Å². The number of carbonyl (C=O) groups is 2. The van der Waals surface area contributed by atoms with Crippen LogP contribution in [0.3, 0.4) is 0 Å². The second-order valence-corrected chi connectivity index (χ2v) is 11.4. The Morgan fingerprint density at radius 2 is 1.75 bits per heavy atom. The fourth-order valence-electron chi connectivity index (χ4n) is 5.47. The highest BCUT2D eigenvalue weighted by Gasteiger charge is 2.65. The Balaban J connectivity index is 1.52. The monoisotopic (exact) mass is 458 g/mol. The molecule has 0 heterocycles. The number of hydroxylamine groups is 2. The highest BCUT2D eigenvalue weighted by molar-refractivity contribution is 7.86. The van der Waals surface area contributed by atoms with Gasteiger partial charge in [-0.1, -0.05) is 26.0 Å². The first-order valence-electron chi connectivity index (χ1n) is 10.8. The van der Waals surface area contributed by atoms with Gasteiger partial charge in [-0.25, -0.2) is 5.06 Å². The summed E-state index contributed by atoms with van der Waals surface area (Å²) in [7, 11) is 1.06. The van der Waals surface area contributed by atoms with Gasteiger partial charge >= 0.3 is 0 Å². The maximum atomic E-state index is 12.9. The summed E-state index contributed by atoms with van der Waals surface area (Å²) < 4.78 is 30.9. The number of ketones is 1. The number of Topliss-reactive ketones (excluding diaryl/α,β-unsaturated/α-hetero) is 1. The SMILES string of the molecule is CN(OS(=O)(=O)CC12CCC(CC1=O)C2(C)C)C(=O)c1ccc2cc(N(C)C)ccc2c1. The number of carbonyl (C=O) groups excluding carboxylic acids is 2. The second-order valence-electron chi connectivity index (χ2n) is 9.89. The van der Waals surface area contributed by atoms with Gasteiger partial charge in [-0.15, -0.1) is 4.28 Å². The average Bonchev–Trinajstić information content (AvgIpc) is 3.05. The molecule has 172 valence electrons. The van der Waals surface area contributed by atoms with E-state index in [9.17, 15) is 18.0 Å². The molecule has 4 rings (SSSR count). The van der Waals surface area contributed by atoms with Gasteiger partial charge in [0.05, 0.1) is 11.2 Å². The van der Waals surface area contributed by atoms with Crippen LogP contribution < -0.4 is 4.90 Å². The van der Waals surface area contributed by atoms with Crippen LogP contribution in [-0.2, 0) is 19.2 Å². The Kier molecular flexibility index (Phi) is 5.37. The van der Waals surface area contributed by atoms with Crippen molar-refractivity contribution >= 4 is 38.3 Å². The van der Waals surface area contributed by atoms with E-state index < -0.39 is 32.6 Å². The van der Waals surface area contributed by atoms with Crippen molar-refractivity contribution in [2.45, 2.75) is 33.1 Å². The van der Waals surface area contributed by atoms with Crippen LogP contribution in [0, 0.1) is 16.7 Å². The first-order valence-corrected chi connectivity index (χ1v) is 12.4. The summed E-state index contributed by atoms with van der Waals surface area (Å²) in [5.41, 5.74) is 0.0329. The van der Waals surface area contributed by atoms with Crippen LogP contribution in [-0.4, -0.2) is 52.1 Å². The predicted octanol–water partition coefficient (Wildman–Crippen LogP) is 3.63. The quantitative estimate of drug-likeness (QED) is 0.615. The van der Waals surface area contributed by atoms with Crippen molar-refractivity contribution in [2.24, 2.45) is 16.7 Å². The van der Waals surface area contributed by atoms with Crippen LogP contribution >= 0.6 is 0 Å². The smallest absolute Gasteiger partial charge is 0.289 e. The molecule has 1 amide bonds. The van der Waals surface area contributed by atoms with Gasteiger partial charge in [-0.3, -0.25) is 9.59 Å².